The first-order valence-corrected chi connectivity index (χ1v) is 12.9. The molecule has 5 radical (unpaired) electrons. The Balaban J connectivity index is -0.00000000947. The summed E-state index contributed by atoms with van der Waals surface area (Å²) < 4.78 is 0. The predicted molar refractivity (Wildman–Crippen MR) is 138 cm³/mol. The van der Waals surface area contributed by atoms with E-state index in [1.807, 2.05) is 0 Å². The molecular formula is C26H65Fe5O14. The summed E-state index contributed by atoms with van der Waals surface area (Å²) in [5.74, 6) is 0. The van der Waals surface area contributed by atoms with E-state index < -0.39 is 0 Å². The van der Waals surface area contributed by atoms with Gasteiger partial charge in [0.2, 0.25) is 0 Å². The van der Waals surface area contributed by atoms with Crippen LogP contribution in [-0.4, -0.2) is 85.9 Å². The quantitative estimate of drug-likeness (QED) is 0.204. The zero-order valence-corrected chi connectivity index (χ0v) is 35.2. The van der Waals surface area contributed by atoms with Crippen molar-refractivity contribution in [3.05, 3.63) is 0 Å². The minimum absolute atomic E-state index is 0. The molecule has 0 atom stereocenters. The van der Waals surface area contributed by atoms with Crippen LogP contribution < -0.4 is 66.4 Å². The van der Waals surface area contributed by atoms with Crippen LogP contribution in [0.3, 0.4) is 0 Å². The third-order valence-corrected chi connectivity index (χ3v) is 0. The molecule has 0 fully saturated rings. The monoisotopic (exact) mass is 881 g/mol. The van der Waals surface area contributed by atoms with Crippen LogP contribution in [-0.2, 0) is 90.8 Å². The fourth-order valence-electron chi connectivity index (χ4n) is 0. The minimum Gasteiger partial charge on any atom is -2.00 e. The molecule has 0 spiro atoms. The van der Waals surface area contributed by atoms with Crippen LogP contribution >= 0.6 is 0 Å². The van der Waals surface area contributed by atoms with E-state index in [1.165, 1.54) is 0 Å². The van der Waals surface area contributed by atoms with Crippen LogP contribution in [0.15, 0.2) is 0 Å². The molecule has 14 nitrogen and oxygen atoms in total. The smallest absolute Gasteiger partial charge is 2.00 e. The van der Waals surface area contributed by atoms with E-state index in [0.717, 1.165) is 0 Å². The van der Waals surface area contributed by atoms with E-state index in [1.54, 1.807) is 90.0 Å². The fourth-order valence-corrected chi connectivity index (χ4v) is 0. The third-order valence-electron chi connectivity index (χ3n) is 0. The standard InChI is InChI=1S/13C2H5O.5Fe.O/c13*1-2-3;;;;;;/h13*2H2,1H3;;;;;;/q13*-1;5*+3;-2. The van der Waals surface area contributed by atoms with Crippen molar-refractivity contribution in [1.82, 2.24) is 0 Å². The normalized spacial score (nSPS) is 5.20. The van der Waals surface area contributed by atoms with Crippen molar-refractivity contribution in [3.8, 4) is 0 Å². The average molecular weight is 881 g/mol. The van der Waals surface area contributed by atoms with Gasteiger partial charge in [0.25, 0.3) is 0 Å². The molecule has 0 aromatic heterocycles. The average Bonchev–Trinajstić information content (AvgIpc) is 2.81. The van der Waals surface area contributed by atoms with E-state index in [2.05, 4.69) is 0 Å². The first kappa shape index (κ1) is 127. The number of hydrogen-bond acceptors (Lipinski definition) is 13. The van der Waals surface area contributed by atoms with Gasteiger partial charge in [0.15, 0.2) is 0 Å². The molecule has 0 bridgehead atoms. The molecule has 0 aliphatic heterocycles. The Kier molecular flexibility index (Phi) is 1160. The Morgan fingerprint density at radius 2 is 0.178 bits per heavy atom. The van der Waals surface area contributed by atoms with E-state index >= 15 is 0 Å². The Labute approximate surface area is 331 Å². The van der Waals surface area contributed by atoms with Crippen molar-refractivity contribution in [3.63, 3.8) is 0 Å². The van der Waals surface area contributed by atoms with E-state index in [0.29, 0.717) is 0 Å². The van der Waals surface area contributed by atoms with Crippen molar-refractivity contribution >= 4 is 0 Å². The molecule has 45 heavy (non-hydrogen) atoms. The maximum Gasteiger partial charge on any atom is 3.00 e. The molecule has 0 aliphatic rings. The van der Waals surface area contributed by atoms with Gasteiger partial charge in [-0.25, -0.2) is 0 Å². The summed E-state index contributed by atoms with van der Waals surface area (Å²) in [6, 6.07) is 0. The third kappa shape index (κ3) is 21500. The molecule has 0 heterocycles. The van der Waals surface area contributed by atoms with Gasteiger partial charge >= 0.3 is 85.3 Å². The maximum atomic E-state index is 8.93. The zero-order chi connectivity index (χ0) is 35.2. The van der Waals surface area contributed by atoms with E-state index in [9.17, 15) is 0 Å². The molecule has 0 aromatic rings. The predicted octanol–water partition coefficient (Wildman–Crippen LogP) is -8.37. The van der Waals surface area contributed by atoms with Crippen LogP contribution in [0.2, 0.25) is 0 Å². The molecule has 0 saturated carbocycles. The van der Waals surface area contributed by atoms with Gasteiger partial charge in [-0.2, -0.15) is 0 Å². The van der Waals surface area contributed by atoms with Crippen molar-refractivity contribution < 1.29 is 157 Å². The number of hydrogen-bond donors (Lipinski definition) is 0. The van der Waals surface area contributed by atoms with E-state index in [4.69, 9.17) is 66.4 Å². The fraction of sp³-hybridized carbons (Fsp3) is 1.00. The van der Waals surface area contributed by atoms with E-state index in [-0.39, 0.29) is 177 Å². The molecule has 19 heteroatoms. The topological polar surface area (TPSA) is 328 Å². The molecular weight excluding hydrogens is 815 g/mol. The maximum absolute atomic E-state index is 8.93. The molecule has 0 saturated heterocycles. The zero-order valence-electron chi connectivity index (χ0n) is 29.7. The Bertz CT molecular complexity index is 108. The van der Waals surface area contributed by atoms with Gasteiger partial charge in [0.1, 0.15) is 0 Å². The second-order valence-electron chi connectivity index (χ2n) is 3.75. The van der Waals surface area contributed by atoms with Crippen molar-refractivity contribution in [2.75, 3.05) is 85.9 Å². The molecule has 0 aromatic carbocycles. The second-order valence-corrected chi connectivity index (χ2v) is 3.75. The Hall–Kier alpha value is 2.04. The molecule has 0 unspecified atom stereocenters. The molecule has 0 rings (SSSR count). The van der Waals surface area contributed by atoms with Crippen LogP contribution in [0.5, 0.6) is 0 Å². The second kappa shape index (κ2) is 413. The minimum atomic E-state index is 0. The molecule has 0 N–H and O–H groups in total. The summed E-state index contributed by atoms with van der Waals surface area (Å²) in [7, 11) is 0. The van der Waals surface area contributed by atoms with Crippen LogP contribution in [0, 0.1) is 0 Å². The van der Waals surface area contributed by atoms with Crippen molar-refractivity contribution in [2.24, 2.45) is 0 Å². The summed E-state index contributed by atoms with van der Waals surface area (Å²) in [5.41, 5.74) is 0. The van der Waals surface area contributed by atoms with Crippen LogP contribution in [0.25, 0.3) is 0 Å². The van der Waals surface area contributed by atoms with Gasteiger partial charge in [0.05, 0.1) is 0 Å². The van der Waals surface area contributed by atoms with Gasteiger partial charge in [-0.1, -0.05) is 90.0 Å². The van der Waals surface area contributed by atoms with Gasteiger partial charge < -0.3 is 71.9 Å². The summed E-state index contributed by atoms with van der Waals surface area (Å²) in [6.07, 6.45) is 0. The molecule has 0 aliphatic carbocycles. The van der Waals surface area contributed by atoms with Crippen LogP contribution in [0.1, 0.15) is 90.0 Å². The first-order valence-electron chi connectivity index (χ1n) is 12.9. The summed E-state index contributed by atoms with van der Waals surface area (Å²) >= 11 is 0. The van der Waals surface area contributed by atoms with Crippen molar-refractivity contribution in [2.45, 2.75) is 90.0 Å². The van der Waals surface area contributed by atoms with Crippen molar-refractivity contribution in [1.29, 1.82) is 0 Å². The number of rotatable bonds is 0. The first-order chi connectivity index (χ1) is 18.4. The van der Waals surface area contributed by atoms with Crippen LogP contribution in [0.4, 0.5) is 0 Å². The van der Waals surface area contributed by atoms with Gasteiger partial charge in [-0.15, -0.1) is 85.9 Å². The Morgan fingerprint density at radius 1 is 0.178 bits per heavy atom. The SMILES string of the molecule is CC[O-].CC[O-].CC[O-].CC[O-].CC[O-].CC[O-].CC[O-].CC[O-].CC[O-].CC[O-].CC[O-].CC[O-].CC[O-].[Fe+3].[Fe+3].[Fe+3].[Fe+3].[Fe+3].[O-2]. The summed E-state index contributed by atoms with van der Waals surface area (Å²) in [5, 5.41) is 116. The molecule has 293 valence electrons. The van der Waals surface area contributed by atoms with Gasteiger partial charge in [0, 0.05) is 0 Å². The largest absolute Gasteiger partial charge is 3.00 e. The van der Waals surface area contributed by atoms with Gasteiger partial charge in [-0.05, 0) is 0 Å². The Morgan fingerprint density at radius 3 is 0.178 bits per heavy atom. The van der Waals surface area contributed by atoms with Gasteiger partial charge in [-0.3, -0.25) is 0 Å². The summed E-state index contributed by atoms with van der Waals surface area (Å²) in [6.45, 7) is 20.4. The summed E-state index contributed by atoms with van der Waals surface area (Å²) in [4.78, 5) is 0. The molecule has 0 amide bonds.